The summed E-state index contributed by atoms with van der Waals surface area (Å²) in [5.41, 5.74) is 1.31. The molecular formula is C23H28ClN3O3. The molecule has 1 heterocycles. The smallest absolute Gasteiger partial charge is 0.322 e. The van der Waals surface area contributed by atoms with Gasteiger partial charge in [0.05, 0.1) is 19.3 Å². The van der Waals surface area contributed by atoms with Gasteiger partial charge in [-0.1, -0.05) is 49.7 Å². The minimum absolute atomic E-state index is 0.0200. The Morgan fingerprint density at radius 3 is 2.67 bits per heavy atom. The molecule has 0 bridgehead atoms. The number of anilines is 1. The minimum Gasteiger partial charge on any atom is -0.373 e. The summed E-state index contributed by atoms with van der Waals surface area (Å²) in [6.45, 7) is 6.58. The Hall–Kier alpha value is -2.57. The van der Waals surface area contributed by atoms with E-state index in [4.69, 9.17) is 16.3 Å². The van der Waals surface area contributed by atoms with Crippen molar-refractivity contribution in [2.75, 3.05) is 38.1 Å². The SMILES string of the molecule is CC(C)CN(C[C@H]1CN(C(=O)Nc2cccc(Cl)c2)CCO1)C(=O)c1ccccc1. The summed E-state index contributed by atoms with van der Waals surface area (Å²) >= 11 is 5.99. The Morgan fingerprint density at radius 2 is 1.97 bits per heavy atom. The lowest BCUT2D eigenvalue weighted by Gasteiger charge is -2.36. The molecule has 30 heavy (non-hydrogen) atoms. The first kappa shape index (κ1) is 22.1. The monoisotopic (exact) mass is 429 g/mol. The fourth-order valence-corrected chi connectivity index (χ4v) is 3.66. The Bertz CT molecular complexity index is 860. The molecule has 3 rings (SSSR count). The summed E-state index contributed by atoms with van der Waals surface area (Å²) in [6.07, 6.45) is -0.240. The number of rotatable bonds is 6. The first-order valence-corrected chi connectivity index (χ1v) is 10.6. The van der Waals surface area contributed by atoms with Crippen LogP contribution in [0.25, 0.3) is 0 Å². The number of nitrogens with zero attached hydrogens (tertiary/aromatic N) is 2. The van der Waals surface area contributed by atoms with E-state index in [1.807, 2.05) is 35.2 Å². The van der Waals surface area contributed by atoms with Crippen LogP contribution in [-0.4, -0.2) is 60.6 Å². The van der Waals surface area contributed by atoms with Gasteiger partial charge in [0.2, 0.25) is 0 Å². The molecule has 1 atom stereocenters. The number of ether oxygens (including phenoxy) is 1. The number of benzene rings is 2. The van der Waals surface area contributed by atoms with Crippen molar-refractivity contribution in [2.24, 2.45) is 5.92 Å². The zero-order valence-corrected chi connectivity index (χ0v) is 18.1. The second-order valence-electron chi connectivity index (χ2n) is 7.85. The van der Waals surface area contributed by atoms with Crippen LogP contribution >= 0.6 is 11.6 Å². The van der Waals surface area contributed by atoms with Crippen molar-refractivity contribution in [3.63, 3.8) is 0 Å². The number of carbonyl (C=O) groups excluding carboxylic acids is 2. The predicted molar refractivity (Wildman–Crippen MR) is 119 cm³/mol. The van der Waals surface area contributed by atoms with Crippen molar-refractivity contribution < 1.29 is 14.3 Å². The van der Waals surface area contributed by atoms with Crippen LogP contribution in [0.1, 0.15) is 24.2 Å². The van der Waals surface area contributed by atoms with Crippen LogP contribution in [0.2, 0.25) is 5.02 Å². The summed E-state index contributed by atoms with van der Waals surface area (Å²) in [5, 5.41) is 3.44. The number of urea groups is 1. The highest BCUT2D eigenvalue weighted by Gasteiger charge is 2.28. The average molecular weight is 430 g/mol. The average Bonchev–Trinajstić information content (AvgIpc) is 2.73. The summed E-state index contributed by atoms with van der Waals surface area (Å²) in [6, 6.07) is 16.1. The molecule has 0 aromatic heterocycles. The maximum Gasteiger partial charge on any atom is 0.322 e. The molecule has 1 aliphatic rings. The number of morpholine rings is 1. The van der Waals surface area contributed by atoms with Crippen molar-refractivity contribution in [3.05, 3.63) is 65.2 Å². The molecule has 1 N–H and O–H groups in total. The van der Waals surface area contributed by atoms with Gasteiger partial charge in [-0.2, -0.15) is 0 Å². The summed E-state index contributed by atoms with van der Waals surface area (Å²) in [4.78, 5) is 29.2. The number of carbonyl (C=O) groups is 2. The van der Waals surface area contributed by atoms with E-state index in [0.717, 1.165) is 0 Å². The van der Waals surface area contributed by atoms with Crippen molar-refractivity contribution in [3.8, 4) is 0 Å². The van der Waals surface area contributed by atoms with Gasteiger partial charge in [0.15, 0.2) is 0 Å². The van der Waals surface area contributed by atoms with E-state index in [2.05, 4.69) is 19.2 Å². The highest BCUT2D eigenvalue weighted by atomic mass is 35.5. The number of nitrogens with one attached hydrogen (secondary N) is 1. The Balaban J connectivity index is 1.63. The zero-order chi connectivity index (χ0) is 21.5. The maximum atomic E-state index is 13.0. The second-order valence-corrected chi connectivity index (χ2v) is 8.29. The Morgan fingerprint density at radius 1 is 1.20 bits per heavy atom. The fraction of sp³-hybridized carbons (Fsp3) is 0.391. The van der Waals surface area contributed by atoms with Crippen LogP contribution in [0.5, 0.6) is 0 Å². The lowest BCUT2D eigenvalue weighted by atomic mass is 10.1. The van der Waals surface area contributed by atoms with Crippen LogP contribution in [0.15, 0.2) is 54.6 Å². The number of halogens is 1. The molecule has 160 valence electrons. The second kappa shape index (κ2) is 10.5. The first-order chi connectivity index (χ1) is 14.4. The fourth-order valence-electron chi connectivity index (χ4n) is 3.47. The van der Waals surface area contributed by atoms with Gasteiger partial charge < -0.3 is 19.9 Å². The van der Waals surface area contributed by atoms with Crippen molar-refractivity contribution >= 4 is 29.2 Å². The number of amides is 3. The van der Waals surface area contributed by atoms with Gasteiger partial charge in [-0.15, -0.1) is 0 Å². The molecular weight excluding hydrogens is 402 g/mol. The number of hydrogen-bond acceptors (Lipinski definition) is 3. The van der Waals surface area contributed by atoms with Crippen molar-refractivity contribution in [1.29, 1.82) is 0 Å². The van der Waals surface area contributed by atoms with E-state index >= 15 is 0 Å². The largest absolute Gasteiger partial charge is 0.373 e. The third-order valence-corrected chi connectivity index (χ3v) is 5.05. The summed E-state index contributed by atoms with van der Waals surface area (Å²) < 4.78 is 5.89. The molecule has 1 aliphatic heterocycles. The van der Waals surface area contributed by atoms with Crippen molar-refractivity contribution in [2.45, 2.75) is 20.0 Å². The molecule has 0 saturated carbocycles. The van der Waals surface area contributed by atoms with Gasteiger partial charge in [0.1, 0.15) is 0 Å². The Labute approximate surface area is 182 Å². The zero-order valence-electron chi connectivity index (χ0n) is 17.4. The van der Waals surface area contributed by atoms with E-state index in [1.165, 1.54) is 0 Å². The van der Waals surface area contributed by atoms with E-state index in [0.29, 0.717) is 55.0 Å². The summed E-state index contributed by atoms with van der Waals surface area (Å²) in [7, 11) is 0. The molecule has 0 radical (unpaired) electrons. The lowest BCUT2D eigenvalue weighted by molar-refractivity contribution is -0.0272. The lowest BCUT2D eigenvalue weighted by Crippen LogP contribution is -2.52. The van der Waals surface area contributed by atoms with Crippen LogP contribution in [0.4, 0.5) is 10.5 Å². The normalized spacial score (nSPS) is 16.4. The quantitative estimate of drug-likeness (QED) is 0.741. The third-order valence-electron chi connectivity index (χ3n) is 4.82. The molecule has 7 heteroatoms. The molecule has 0 unspecified atom stereocenters. The molecule has 2 aromatic rings. The molecule has 0 aliphatic carbocycles. The molecule has 2 aromatic carbocycles. The van der Waals surface area contributed by atoms with Gasteiger partial charge in [-0.3, -0.25) is 4.79 Å². The third kappa shape index (κ3) is 6.21. The van der Waals surface area contributed by atoms with E-state index < -0.39 is 0 Å². The van der Waals surface area contributed by atoms with Gasteiger partial charge >= 0.3 is 6.03 Å². The Kier molecular flexibility index (Phi) is 7.71. The van der Waals surface area contributed by atoms with Gasteiger partial charge in [0.25, 0.3) is 5.91 Å². The van der Waals surface area contributed by atoms with Crippen LogP contribution in [0.3, 0.4) is 0 Å². The highest BCUT2D eigenvalue weighted by molar-refractivity contribution is 6.30. The van der Waals surface area contributed by atoms with Gasteiger partial charge in [-0.25, -0.2) is 4.79 Å². The maximum absolute atomic E-state index is 13.0. The van der Waals surface area contributed by atoms with E-state index in [9.17, 15) is 9.59 Å². The standard InChI is InChI=1S/C23H28ClN3O3/c1-17(2)14-27(22(28)18-7-4-3-5-8-18)16-21-15-26(11-12-30-21)23(29)25-20-10-6-9-19(24)13-20/h3-10,13,17,21H,11-12,14-16H2,1-2H3,(H,25,29)/t21-/m1/s1. The van der Waals surface area contributed by atoms with Crippen LogP contribution in [-0.2, 0) is 4.74 Å². The highest BCUT2D eigenvalue weighted by Crippen LogP contribution is 2.17. The van der Waals surface area contributed by atoms with Crippen LogP contribution < -0.4 is 5.32 Å². The van der Waals surface area contributed by atoms with E-state index in [-0.39, 0.29) is 18.0 Å². The first-order valence-electron chi connectivity index (χ1n) is 10.2. The molecule has 1 fully saturated rings. The topological polar surface area (TPSA) is 61.9 Å². The molecule has 1 saturated heterocycles. The number of hydrogen-bond donors (Lipinski definition) is 1. The van der Waals surface area contributed by atoms with Crippen molar-refractivity contribution in [1.82, 2.24) is 9.80 Å². The van der Waals surface area contributed by atoms with Crippen LogP contribution in [0, 0.1) is 5.92 Å². The molecule has 0 spiro atoms. The van der Waals surface area contributed by atoms with E-state index in [1.54, 1.807) is 29.2 Å². The molecule has 6 nitrogen and oxygen atoms in total. The minimum atomic E-state index is -0.240. The predicted octanol–water partition coefficient (Wildman–Crippen LogP) is 4.37. The van der Waals surface area contributed by atoms with Gasteiger partial charge in [0, 0.05) is 35.9 Å². The molecule has 3 amide bonds. The van der Waals surface area contributed by atoms with Gasteiger partial charge in [-0.05, 0) is 36.2 Å². The summed E-state index contributed by atoms with van der Waals surface area (Å²) in [5.74, 6) is 0.303.